The summed E-state index contributed by atoms with van der Waals surface area (Å²) in [7, 11) is 1.50. The van der Waals surface area contributed by atoms with Gasteiger partial charge < -0.3 is 20.3 Å². The zero-order valence-corrected chi connectivity index (χ0v) is 15.7. The zero-order chi connectivity index (χ0) is 19.9. The van der Waals surface area contributed by atoms with Crippen LogP contribution in [-0.2, 0) is 20.8 Å². The molecule has 0 saturated carbocycles. The van der Waals surface area contributed by atoms with Gasteiger partial charge in [-0.2, -0.15) is 0 Å². The smallest absolute Gasteiger partial charge is 0.313 e. The van der Waals surface area contributed by atoms with Crippen molar-refractivity contribution in [3.63, 3.8) is 0 Å². The van der Waals surface area contributed by atoms with E-state index in [-0.39, 0.29) is 5.91 Å². The molecule has 1 aliphatic heterocycles. The molecule has 1 heterocycles. The van der Waals surface area contributed by atoms with Gasteiger partial charge in [-0.25, -0.2) is 0 Å². The number of methoxy groups -OCH3 is 1. The summed E-state index contributed by atoms with van der Waals surface area (Å²) in [6.07, 6.45) is 1.97. The molecule has 0 atom stereocenters. The third-order valence-electron chi connectivity index (χ3n) is 4.55. The van der Waals surface area contributed by atoms with E-state index in [1.165, 1.54) is 7.11 Å². The Bertz CT molecular complexity index is 867. The summed E-state index contributed by atoms with van der Waals surface area (Å²) >= 11 is 0. The van der Waals surface area contributed by atoms with Crippen molar-refractivity contribution in [1.29, 1.82) is 0 Å². The Morgan fingerprint density at radius 1 is 1.11 bits per heavy atom. The number of nitrogens with one attached hydrogen (secondary N) is 2. The minimum atomic E-state index is -0.750. The van der Waals surface area contributed by atoms with Crippen molar-refractivity contribution < 1.29 is 19.1 Å². The zero-order valence-electron chi connectivity index (χ0n) is 15.7. The Hall–Kier alpha value is -3.35. The van der Waals surface area contributed by atoms with Crippen LogP contribution in [0.1, 0.15) is 18.4 Å². The second-order valence-electron chi connectivity index (χ2n) is 6.48. The molecule has 1 fully saturated rings. The van der Waals surface area contributed by atoms with E-state index in [4.69, 9.17) is 4.74 Å². The summed E-state index contributed by atoms with van der Waals surface area (Å²) in [5.41, 5.74) is 2.17. The lowest BCUT2D eigenvalue weighted by atomic mass is 10.1. The monoisotopic (exact) mass is 381 g/mol. The molecule has 3 rings (SSSR count). The van der Waals surface area contributed by atoms with E-state index in [2.05, 4.69) is 10.6 Å². The molecule has 1 saturated heterocycles. The summed E-state index contributed by atoms with van der Waals surface area (Å²) in [5.74, 6) is -0.931. The van der Waals surface area contributed by atoms with Gasteiger partial charge in [-0.05, 0) is 30.5 Å². The van der Waals surface area contributed by atoms with Crippen molar-refractivity contribution in [2.24, 2.45) is 0 Å². The van der Waals surface area contributed by atoms with Crippen LogP contribution in [0.4, 0.5) is 11.4 Å². The van der Waals surface area contributed by atoms with Gasteiger partial charge >= 0.3 is 11.8 Å². The molecule has 0 unspecified atom stereocenters. The SMILES string of the molecule is COc1cc(NC(=O)C(=O)NCCc2ccccc2)ccc1N1CCCC1=O. The first-order valence-electron chi connectivity index (χ1n) is 9.20. The molecule has 28 heavy (non-hydrogen) atoms. The summed E-state index contributed by atoms with van der Waals surface area (Å²) in [4.78, 5) is 37.7. The predicted octanol–water partition coefficient (Wildman–Crippen LogP) is 2.12. The highest BCUT2D eigenvalue weighted by atomic mass is 16.5. The van der Waals surface area contributed by atoms with Gasteiger partial charge in [-0.15, -0.1) is 0 Å². The van der Waals surface area contributed by atoms with Crippen molar-refractivity contribution in [2.75, 3.05) is 30.4 Å². The first-order valence-corrected chi connectivity index (χ1v) is 9.20. The van der Waals surface area contributed by atoms with E-state index in [0.717, 1.165) is 12.0 Å². The highest BCUT2D eigenvalue weighted by Gasteiger charge is 2.24. The molecule has 0 radical (unpaired) electrons. The van der Waals surface area contributed by atoms with Crippen molar-refractivity contribution in [2.45, 2.75) is 19.3 Å². The van der Waals surface area contributed by atoms with Crippen molar-refractivity contribution in [1.82, 2.24) is 5.32 Å². The fraction of sp³-hybridized carbons (Fsp3) is 0.286. The lowest BCUT2D eigenvalue weighted by Crippen LogP contribution is -2.36. The predicted molar refractivity (Wildman–Crippen MR) is 106 cm³/mol. The number of amides is 3. The third kappa shape index (κ3) is 4.68. The number of carbonyl (C=O) groups is 3. The van der Waals surface area contributed by atoms with Gasteiger partial charge in [0.1, 0.15) is 5.75 Å². The van der Waals surface area contributed by atoms with Crippen molar-refractivity contribution in [3.05, 3.63) is 54.1 Å². The molecule has 146 valence electrons. The van der Waals surface area contributed by atoms with Gasteiger partial charge in [0.25, 0.3) is 0 Å². The minimum Gasteiger partial charge on any atom is -0.494 e. The second-order valence-corrected chi connectivity index (χ2v) is 6.48. The Balaban J connectivity index is 1.57. The van der Waals surface area contributed by atoms with Gasteiger partial charge in [-0.1, -0.05) is 30.3 Å². The number of benzene rings is 2. The van der Waals surface area contributed by atoms with Gasteiger partial charge in [0.15, 0.2) is 0 Å². The maximum atomic E-state index is 12.1. The lowest BCUT2D eigenvalue weighted by Gasteiger charge is -2.19. The van der Waals surface area contributed by atoms with E-state index in [1.807, 2.05) is 30.3 Å². The molecule has 2 N–H and O–H groups in total. The lowest BCUT2D eigenvalue weighted by molar-refractivity contribution is -0.136. The first kappa shape index (κ1) is 19.4. The average Bonchev–Trinajstić information content (AvgIpc) is 3.14. The van der Waals surface area contributed by atoms with Gasteiger partial charge in [0.05, 0.1) is 12.8 Å². The van der Waals surface area contributed by atoms with Crippen LogP contribution < -0.4 is 20.3 Å². The standard InChI is InChI=1S/C21H23N3O4/c1-28-18-14-16(9-10-17(18)24-13-5-8-19(24)25)23-21(27)20(26)22-12-11-15-6-3-2-4-7-15/h2-4,6-7,9-10,14H,5,8,11-13H2,1H3,(H,22,26)(H,23,27). The largest absolute Gasteiger partial charge is 0.494 e. The topological polar surface area (TPSA) is 87.7 Å². The fourth-order valence-electron chi connectivity index (χ4n) is 3.11. The van der Waals surface area contributed by atoms with E-state index >= 15 is 0 Å². The third-order valence-corrected chi connectivity index (χ3v) is 4.55. The molecule has 0 aliphatic carbocycles. The number of hydrogen-bond acceptors (Lipinski definition) is 4. The normalized spacial score (nSPS) is 13.3. The summed E-state index contributed by atoms with van der Waals surface area (Å²) < 4.78 is 5.36. The van der Waals surface area contributed by atoms with Gasteiger partial charge in [0, 0.05) is 31.3 Å². The molecule has 2 aromatic carbocycles. The van der Waals surface area contributed by atoms with Crippen molar-refractivity contribution >= 4 is 29.1 Å². The number of hydrogen-bond donors (Lipinski definition) is 2. The van der Waals surface area contributed by atoms with Crippen LogP contribution in [0.15, 0.2) is 48.5 Å². The van der Waals surface area contributed by atoms with Crippen LogP contribution in [0.3, 0.4) is 0 Å². The summed E-state index contributed by atoms with van der Waals surface area (Å²) in [6, 6.07) is 14.7. The van der Waals surface area contributed by atoms with Crippen LogP contribution in [0.25, 0.3) is 0 Å². The number of ether oxygens (including phenoxy) is 1. The Morgan fingerprint density at radius 3 is 2.57 bits per heavy atom. The van der Waals surface area contributed by atoms with Crippen LogP contribution in [-0.4, -0.2) is 37.9 Å². The maximum Gasteiger partial charge on any atom is 0.313 e. The van der Waals surface area contributed by atoms with E-state index in [9.17, 15) is 14.4 Å². The second kappa shape index (κ2) is 9.03. The number of carbonyl (C=O) groups excluding carboxylic acids is 3. The molecular formula is C21H23N3O4. The molecule has 2 aromatic rings. The molecule has 7 heteroatoms. The van der Waals surface area contributed by atoms with Crippen molar-refractivity contribution in [3.8, 4) is 5.75 Å². The molecule has 3 amide bonds. The molecule has 0 spiro atoms. The minimum absolute atomic E-state index is 0.0490. The van der Waals surface area contributed by atoms with Crippen LogP contribution in [0, 0.1) is 0 Å². The maximum absolute atomic E-state index is 12.1. The van der Waals surface area contributed by atoms with E-state index < -0.39 is 11.8 Å². The molecule has 0 bridgehead atoms. The fourth-order valence-corrected chi connectivity index (χ4v) is 3.11. The molecule has 1 aliphatic rings. The molecule has 0 aromatic heterocycles. The molecular weight excluding hydrogens is 358 g/mol. The highest BCUT2D eigenvalue weighted by molar-refractivity contribution is 6.39. The van der Waals surface area contributed by atoms with E-state index in [0.29, 0.717) is 43.1 Å². The Labute approximate surface area is 163 Å². The van der Waals surface area contributed by atoms with E-state index in [1.54, 1.807) is 23.1 Å². The first-order chi connectivity index (χ1) is 13.6. The Kier molecular flexibility index (Phi) is 6.26. The summed E-state index contributed by atoms with van der Waals surface area (Å²) in [5, 5.41) is 5.17. The quantitative estimate of drug-likeness (QED) is 0.751. The number of nitrogens with zero attached hydrogens (tertiary/aromatic N) is 1. The van der Waals surface area contributed by atoms with Crippen LogP contribution in [0.5, 0.6) is 5.75 Å². The van der Waals surface area contributed by atoms with Crippen LogP contribution in [0.2, 0.25) is 0 Å². The van der Waals surface area contributed by atoms with Gasteiger partial charge in [-0.3, -0.25) is 14.4 Å². The molecule has 7 nitrogen and oxygen atoms in total. The Morgan fingerprint density at radius 2 is 1.89 bits per heavy atom. The average molecular weight is 381 g/mol. The summed E-state index contributed by atoms with van der Waals surface area (Å²) in [6.45, 7) is 1.01. The number of rotatable bonds is 6. The van der Waals surface area contributed by atoms with Crippen LogP contribution >= 0.6 is 0 Å². The highest BCUT2D eigenvalue weighted by Crippen LogP contribution is 2.33. The number of anilines is 2. The van der Waals surface area contributed by atoms with Gasteiger partial charge in [0.2, 0.25) is 5.91 Å².